The van der Waals surface area contributed by atoms with E-state index in [1.54, 1.807) is 0 Å². The minimum absolute atomic E-state index is 0.117. The van der Waals surface area contributed by atoms with Gasteiger partial charge < -0.3 is 49.3 Å². The number of carbonyl (C=O) groups excluding carboxylic acids is 4. The van der Waals surface area contributed by atoms with Crippen LogP contribution in [0.3, 0.4) is 0 Å². The molecule has 2 aromatic heterocycles. The molecule has 0 unspecified atom stereocenters. The summed E-state index contributed by atoms with van der Waals surface area (Å²) in [5.74, 6) is 2.45. The second-order valence-electron chi connectivity index (χ2n) is 19.8. The number of aromatic amines is 2. The zero-order valence-corrected chi connectivity index (χ0v) is 39.7. The molecule has 9 rings (SSSR count). The number of nitrogens with one attached hydrogen (secondary N) is 4. The number of rotatable bonds is 13. The lowest BCUT2D eigenvalue weighted by Gasteiger charge is -2.30. The highest BCUT2D eigenvalue weighted by atomic mass is 16.5. The monoisotopic (exact) mass is 919 g/mol. The third-order valence-corrected chi connectivity index (χ3v) is 14.6. The van der Waals surface area contributed by atoms with E-state index in [1.165, 1.54) is 51.9 Å². The van der Waals surface area contributed by atoms with Crippen LogP contribution in [0.25, 0.3) is 33.6 Å². The van der Waals surface area contributed by atoms with Gasteiger partial charge in [-0.3, -0.25) is 9.59 Å². The number of H-pyrrole nitrogens is 2. The van der Waals surface area contributed by atoms with Gasteiger partial charge in [-0.2, -0.15) is 0 Å². The van der Waals surface area contributed by atoms with E-state index in [-0.39, 0.29) is 41.7 Å². The largest absolute Gasteiger partial charge is 0.488 e. The minimum atomic E-state index is -0.747. The lowest BCUT2D eigenvalue weighted by Crippen LogP contribution is -2.51. The van der Waals surface area contributed by atoms with Crippen LogP contribution in [-0.2, 0) is 43.2 Å². The summed E-state index contributed by atoms with van der Waals surface area (Å²) in [7, 11) is 2.61. The summed E-state index contributed by atoms with van der Waals surface area (Å²) in [5, 5.41) is 5.51. The number of hydrogen-bond acceptors (Lipinski definition) is 10. The van der Waals surface area contributed by atoms with Gasteiger partial charge in [0.05, 0.1) is 56.2 Å². The SMILES string of the molecule is COC(=O)N[C@H](C(=O)N1CCC[C@H]1c1ncc(-c2ccc3c(c2)COc2cc4c(cc2-3)CCc2nc([C@@H]3C[C@H](COCC5CCCCC5)CN3C(=O)[C@@H](NC(=O)OC)C(C)C)[nH]c2-4)[nH]1)C(C)C. The van der Waals surface area contributed by atoms with E-state index in [0.717, 1.165) is 94.6 Å². The molecule has 1 saturated carbocycles. The minimum Gasteiger partial charge on any atom is -0.488 e. The fourth-order valence-electron chi connectivity index (χ4n) is 11.0. The van der Waals surface area contributed by atoms with E-state index in [9.17, 15) is 19.2 Å². The molecular formula is C51H66N8O8. The van der Waals surface area contributed by atoms with Crippen molar-refractivity contribution < 1.29 is 38.1 Å². The Morgan fingerprint density at radius 2 is 1.48 bits per heavy atom. The van der Waals surface area contributed by atoms with Gasteiger partial charge in [0.2, 0.25) is 11.8 Å². The predicted molar refractivity (Wildman–Crippen MR) is 251 cm³/mol. The smallest absolute Gasteiger partial charge is 0.407 e. The number of carbonyl (C=O) groups is 4. The molecule has 2 aromatic carbocycles. The van der Waals surface area contributed by atoms with Gasteiger partial charge in [0.15, 0.2) is 0 Å². The Balaban J connectivity index is 0.934. The fraction of sp³-hybridized carbons (Fsp3) is 0.569. The molecule has 0 bridgehead atoms. The van der Waals surface area contributed by atoms with E-state index >= 15 is 0 Å². The zero-order chi connectivity index (χ0) is 46.9. The van der Waals surface area contributed by atoms with Crippen molar-refractivity contribution in [2.75, 3.05) is 40.5 Å². The summed E-state index contributed by atoms with van der Waals surface area (Å²) >= 11 is 0. The Morgan fingerprint density at radius 1 is 0.761 bits per heavy atom. The summed E-state index contributed by atoms with van der Waals surface area (Å²) in [6.07, 6.45) is 10.7. The third-order valence-electron chi connectivity index (χ3n) is 14.6. The van der Waals surface area contributed by atoms with Crippen molar-refractivity contribution in [2.24, 2.45) is 23.7 Å². The number of methoxy groups -OCH3 is 2. The highest BCUT2D eigenvalue weighted by Crippen LogP contribution is 2.46. The van der Waals surface area contributed by atoms with Gasteiger partial charge in [-0.05, 0) is 103 Å². The van der Waals surface area contributed by atoms with Crippen molar-refractivity contribution >= 4 is 24.0 Å². The van der Waals surface area contributed by atoms with E-state index in [2.05, 4.69) is 50.9 Å². The Morgan fingerprint density at radius 3 is 2.19 bits per heavy atom. The van der Waals surface area contributed by atoms with Crippen molar-refractivity contribution in [3.63, 3.8) is 0 Å². The molecule has 358 valence electrons. The maximum absolute atomic E-state index is 14.4. The van der Waals surface area contributed by atoms with Crippen LogP contribution < -0.4 is 15.4 Å². The molecule has 0 radical (unpaired) electrons. The number of nitrogens with zero attached hydrogens (tertiary/aromatic N) is 4. The number of likely N-dealkylation sites (tertiary alicyclic amines) is 2. The lowest BCUT2D eigenvalue weighted by atomic mass is 9.86. The Kier molecular flexibility index (Phi) is 13.6. The quantitative estimate of drug-likeness (QED) is 0.102. The van der Waals surface area contributed by atoms with Gasteiger partial charge in [0, 0.05) is 36.7 Å². The standard InChI is InChI=1S/C51H66N8O8/c1-28(2)43(56-50(62)64-5)48(60)58-18-10-13-40(58)46-52-23-39(54-46)33-14-16-35-34(20-33)27-67-42-22-36-32(21-37(35)42)15-17-38-45(36)55-47(53-38)41-19-31(26-66-25-30-11-8-7-9-12-30)24-59(41)49(61)44(29(3)4)57-51(63)65-6/h14,16,20-23,28-31,40-41,43-44H,7-13,15,17-19,24-27H2,1-6H3,(H,52,54)(H,53,55)(H,56,62)(H,57,63)/t31-,40-,41-,43-,44-/m0/s1. The molecule has 3 fully saturated rings. The Hall–Kier alpha value is -5.90. The molecule has 2 aliphatic carbocycles. The number of aryl methyl sites for hydroxylation is 2. The first-order valence-corrected chi connectivity index (χ1v) is 24.4. The number of alkyl carbamates (subject to hydrolysis) is 2. The molecule has 4 amide bonds. The van der Waals surface area contributed by atoms with Crippen LogP contribution in [0.5, 0.6) is 5.75 Å². The van der Waals surface area contributed by atoms with Crippen molar-refractivity contribution in [3.8, 4) is 39.4 Å². The highest BCUT2D eigenvalue weighted by Gasteiger charge is 2.43. The summed E-state index contributed by atoms with van der Waals surface area (Å²) < 4.78 is 22.6. The molecule has 5 heterocycles. The van der Waals surface area contributed by atoms with Crippen LogP contribution in [0.15, 0.2) is 36.5 Å². The van der Waals surface area contributed by atoms with Crippen molar-refractivity contribution in [1.29, 1.82) is 0 Å². The Bertz CT molecular complexity index is 2470. The van der Waals surface area contributed by atoms with Crippen LogP contribution in [0.2, 0.25) is 0 Å². The first kappa shape index (κ1) is 46.2. The maximum atomic E-state index is 14.4. The second-order valence-corrected chi connectivity index (χ2v) is 19.8. The summed E-state index contributed by atoms with van der Waals surface area (Å²) in [6.45, 7) is 10.5. The number of imidazole rings is 2. The van der Waals surface area contributed by atoms with E-state index < -0.39 is 24.3 Å². The highest BCUT2D eigenvalue weighted by molar-refractivity contribution is 5.88. The van der Waals surface area contributed by atoms with Crippen molar-refractivity contribution in [2.45, 2.75) is 123 Å². The number of benzene rings is 2. The maximum Gasteiger partial charge on any atom is 0.407 e. The van der Waals surface area contributed by atoms with Gasteiger partial charge in [-0.1, -0.05) is 59.1 Å². The van der Waals surface area contributed by atoms with Crippen LogP contribution >= 0.6 is 0 Å². The number of ether oxygens (including phenoxy) is 4. The average Bonchev–Trinajstić information content (AvgIpc) is 4.18. The fourth-order valence-corrected chi connectivity index (χ4v) is 11.0. The van der Waals surface area contributed by atoms with Crippen molar-refractivity contribution in [3.05, 3.63) is 65.0 Å². The van der Waals surface area contributed by atoms with E-state index in [1.807, 2.05) is 43.7 Å². The normalized spacial score (nSPS) is 20.9. The molecule has 4 aromatic rings. The lowest BCUT2D eigenvalue weighted by molar-refractivity contribution is -0.136. The summed E-state index contributed by atoms with van der Waals surface area (Å²) in [6, 6.07) is 8.80. The second kappa shape index (κ2) is 19.7. The molecule has 2 saturated heterocycles. The van der Waals surface area contributed by atoms with Crippen LogP contribution in [-0.4, -0.2) is 106 Å². The van der Waals surface area contributed by atoms with Gasteiger partial charge in [0.1, 0.15) is 36.1 Å². The van der Waals surface area contributed by atoms with Gasteiger partial charge in [-0.15, -0.1) is 0 Å². The number of fused-ring (bicyclic) bond motifs is 6. The van der Waals surface area contributed by atoms with E-state index in [4.69, 9.17) is 28.9 Å². The molecule has 16 nitrogen and oxygen atoms in total. The molecule has 5 atom stereocenters. The molecule has 16 heteroatoms. The molecule has 5 aliphatic rings. The number of hydrogen-bond donors (Lipinski definition) is 4. The molecule has 4 N–H and O–H groups in total. The first-order valence-electron chi connectivity index (χ1n) is 24.4. The van der Waals surface area contributed by atoms with Gasteiger partial charge >= 0.3 is 12.2 Å². The number of amides is 4. The van der Waals surface area contributed by atoms with Crippen LogP contribution in [0, 0.1) is 23.7 Å². The Labute approximate surface area is 392 Å². The van der Waals surface area contributed by atoms with Crippen molar-refractivity contribution in [1.82, 2.24) is 40.4 Å². The molecule has 0 spiro atoms. The van der Waals surface area contributed by atoms with Crippen LogP contribution in [0.1, 0.15) is 120 Å². The number of aromatic nitrogens is 4. The predicted octanol–water partition coefficient (Wildman–Crippen LogP) is 8.04. The molecule has 67 heavy (non-hydrogen) atoms. The zero-order valence-electron chi connectivity index (χ0n) is 39.7. The molecular weight excluding hydrogens is 853 g/mol. The van der Waals surface area contributed by atoms with Gasteiger partial charge in [0.25, 0.3) is 0 Å². The topological polar surface area (TPSA) is 193 Å². The summed E-state index contributed by atoms with van der Waals surface area (Å²) in [5.41, 5.74) is 9.24. The van der Waals surface area contributed by atoms with Crippen LogP contribution in [0.4, 0.5) is 9.59 Å². The first-order chi connectivity index (χ1) is 32.4. The summed E-state index contributed by atoms with van der Waals surface area (Å²) in [4.78, 5) is 73.4. The van der Waals surface area contributed by atoms with E-state index in [0.29, 0.717) is 38.6 Å². The molecule has 3 aliphatic heterocycles. The third kappa shape index (κ3) is 9.50. The average molecular weight is 919 g/mol. The van der Waals surface area contributed by atoms with Gasteiger partial charge in [-0.25, -0.2) is 19.6 Å².